The van der Waals surface area contributed by atoms with E-state index in [0.29, 0.717) is 12.1 Å². The Bertz CT molecular complexity index is 749. The van der Waals surface area contributed by atoms with Crippen molar-refractivity contribution in [3.05, 3.63) is 36.2 Å². The van der Waals surface area contributed by atoms with Crippen molar-refractivity contribution in [3.8, 4) is 0 Å². The summed E-state index contributed by atoms with van der Waals surface area (Å²) < 4.78 is 0. The van der Waals surface area contributed by atoms with Crippen LogP contribution in [0.15, 0.2) is 24.8 Å². The molecule has 2 aliphatic rings. The van der Waals surface area contributed by atoms with Crippen LogP contribution < -0.4 is 9.80 Å². The molecule has 2 aromatic rings. The highest BCUT2D eigenvalue weighted by molar-refractivity contribution is 5.51. The fraction of sp³-hybridized carbons (Fsp3) is 0.600. The summed E-state index contributed by atoms with van der Waals surface area (Å²) in [6, 6.07) is 3.35. The lowest BCUT2D eigenvalue weighted by Gasteiger charge is -2.39. The second-order valence-corrected chi connectivity index (χ2v) is 7.91. The molecule has 7 nitrogen and oxygen atoms in total. The van der Waals surface area contributed by atoms with Crippen LogP contribution in [0.3, 0.4) is 0 Å². The maximum atomic E-state index is 4.61. The van der Waals surface area contributed by atoms with Crippen molar-refractivity contribution < 1.29 is 0 Å². The molecular weight excluding hydrogens is 338 g/mol. The second-order valence-electron chi connectivity index (χ2n) is 7.91. The molecule has 1 aliphatic heterocycles. The predicted octanol–water partition coefficient (Wildman–Crippen LogP) is 2.27. The van der Waals surface area contributed by atoms with Gasteiger partial charge in [0.1, 0.15) is 23.8 Å². The lowest BCUT2D eigenvalue weighted by Crippen LogP contribution is -2.46. The number of rotatable bonds is 6. The van der Waals surface area contributed by atoms with Crippen LogP contribution >= 0.6 is 0 Å². The van der Waals surface area contributed by atoms with Crippen LogP contribution in [0.5, 0.6) is 0 Å². The van der Waals surface area contributed by atoms with Crippen LogP contribution in [0.2, 0.25) is 0 Å². The Kier molecular flexibility index (Phi) is 5.20. The molecule has 0 amide bonds. The first-order chi connectivity index (χ1) is 13.1. The quantitative estimate of drug-likeness (QED) is 0.776. The standard InChI is InChI=1S/C20H29N7/c1-15-21-11-16(12-22-15)13-26-8-6-18(7-9-26)27(17-4-5-17)20-10-19(25(2)3)23-14-24-20/h10-12,14,17-18H,4-9,13H2,1-3H3. The van der Waals surface area contributed by atoms with Gasteiger partial charge in [0.25, 0.3) is 0 Å². The highest BCUT2D eigenvalue weighted by Crippen LogP contribution is 2.36. The van der Waals surface area contributed by atoms with Crippen LogP contribution in [0.4, 0.5) is 11.6 Å². The van der Waals surface area contributed by atoms with Crippen molar-refractivity contribution in [2.75, 3.05) is 37.0 Å². The van der Waals surface area contributed by atoms with E-state index >= 15 is 0 Å². The Hall–Kier alpha value is -2.28. The summed E-state index contributed by atoms with van der Waals surface area (Å²) in [5.74, 6) is 2.89. The number of piperidine rings is 1. The van der Waals surface area contributed by atoms with Crippen LogP contribution in [0.25, 0.3) is 0 Å². The molecule has 2 aromatic heterocycles. The number of aromatic nitrogens is 4. The van der Waals surface area contributed by atoms with Gasteiger partial charge in [-0.2, -0.15) is 0 Å². The highest BCUT2D eigenvalue weighted by Gasteiger charge is 2.36. The molecule has 1 aliphatic carbocycles. The molecule has 0 radical (unpaired) electrons. The fourth-order valence-corrected chi connectivity index (χ4v) is 3.86. The van der Waals surface area contributed by atoms with Gasteiger partial charge >= 0.3 is 0 Å². The van der Waals surface area contributed by atoms with Crippen molar-refractivity contribution in [2.24, 2.45) is 0 Å². The van der Waals surface area contributed by atoms with E-state index in [1.165, 1.54) is 31.2 Å². The van der Waals surface area contributed by atoms with Gasteiger partial charge in [-0.25, -0.2) is 19.9 Å². The van der Waals surface area contributed by atoms with Crippen LogP contribution in [0.1, 0.15) is 37.1 Å². The minimum Gasteiger partial charge on any atom is -0.363 e. The molecule has 144 valence electrons. The largest absolute Gasteiger partial charge is 0.363 e. The summed E-state index contributed by atoms with van der Waals surface area (Å²) in [7, 11) is 4.06. The zero-order valence-electron chi connectivity index (χ0n) is 16.5. The van der Waals surface area contributed by atoms with E-state index in [1.807, 2.05) is 38.3 Å². The van der Waals surface area contributed by atoms with Gasteiger partial charge in [0, 0.05) is 69.8 Å². The summed E-state index contributed by atoms with van der Waals surface area (Å²) in [6.07, 6.45) is 10.5. The Morgan fingerprint density at radius 3 is 2.19 bits per heavy atom. The van der Waals surface area contributed by atoms with Crippen molar-refractivity contribution >= 4 is 11.6 Å². The predicted molar refractivity (Wildman–Crippen MR) is 107 cm³/mol. The summed E-state index contributed by atoms with van der Waals surface area (Å²) in [4.78, 5) is 24.8. The molecule has 0 atom stereocenters. The SMILES string of the molecule is Cc1ncc(CN2CCC(N(c3cc(N(C)C)ncn3)C3CC3)CC2)cn1. The number of aryl methyl sites for hydroxylation is 1. The summed E-state index contributed by atoms with van der Waals surface area (Å²) in [6.45, 7) is 5.08. The monoisotopic (exact) mass is 367 g/mol. The molecule has 4 rings (SSSR count). The van der Waals surface area contributed by atoms with Crippen LogP contribution in [0, 0.1) is 6.92 Å². The molecule has 0 spiro atoms. The van der Waals surface area contributed by atoms with Crippen LogP contribution in [-0.4, -0.2) is 64.1 Å². The second kappa shape index (κ2) is 7.76. The minimum atomic E-state index is 0.563. The molecule has 27 heavy (non-hydrogen) atoms. The normalized spacial score (nSPS) is 18.5. The summed E-state index contributed by atoms with van der Waals surface area (Å²) >= 11 is 0. The van der Waals surface area contributed by atoms with E-state index in [4.69, 9.17) is 0 Å². The molecule has 3 heterocycles. The van der Waals surface area contributed by atoms with Gasteiger partial charge in [-0.15, -0.1) is 0 Å². The Morgan fingerprint density at radius 2 is 1.56 bits per heavy atom. The van der Waals surface area contributed by atoms with Gasteiger partial charge in [0.2, 0.25) is 0 Å². The third-order valence-corrected chi connectivity index (χ3v) is 5.49. The lowest BCUT2D eigenvalue weighted by atomic mass is 10.0. The molecule has 1 saturated carbocycles. The van der Waals surface area contributed by atoms with Crippen molar-refractivity contribution in [1.29, 1.82) is 0 Å². The average molecular weight is 368 g/mol. The van der Waals surface area contributed by atoms with E-state index in [-0.39, 0.29) is 0 Å². The van der Waals surface area contributed by atoms with Gasteiger partial charge in [-0.1, -0.05) is 0 Å². The molecule has 7 heteroatoms. The number of likely N-dealkylation sites (tertiary alicyclic amines) is 1. The maximum Gasteiger partial charge on any atom is 0.134 e. The third kappa shape index (κ3) is 4.35. The topological polar surface area (TPSA) is 61.3 Å². The van der Waals surface area contributed by atoms with Gasteiger partial charge in [0.05, 0.1) is 0 Å². The molecule has 0 N–H and O–H groups in total. The van der Waals surface area contributed by atoms with Crippen molar-refractivity contribution in [3.63, 3.8) is 0 Å². The average Bonchev–Trinajstić information content (AvgIpc) is 3.50. The van der Waals surface area contributed by atoms with E-state index in [2.05, 4.69) is 35.8 Å². The minimum absolute atomic E-state index is 0.563. The summed E-state index contributed by atoms with van der Waals surface area (Å²) in [5, 5.41) is 0. The molecule has 0 bridgehead atoms. The molecule has 1 saturated heterocycles. The first-order valence-corrected chi connectivity index (χ1v) is 9.88. The Balaban J connectivity index is 1.41. The lowest BCUT2D eigenvalue weighted by molar-refractivity contribution is 0.200. The molecular formula is C20H29N7. The van der Waals surface area contributed by atoms with Gasteiger partial charge in [0.15, 0.2) is 0 Å². The Labute approximate surface area is 161 Å². The number of hydrogen-bond donors (Lipinski definition) is 0. The zero-order valence-corrected chi connectivity index (χ0v) is 16.5. The van der Waals surface area contributed by atoms with E-state index < -0.39 is 0 Å². The smallest absolute Gasteiger partial charge is 0.134 e. The summed E-state index contributed by atoms with van der Waals surface area (Å²) in [5.41, 5.74) is 1.20. The van der Waals surface area contributed by atoms with Crippen molar-refractivity contribution in [2.45, 2.75) is 51.2 Å². The molecule has 0 unspecified atom stereocenters. The van der Waals surface area contributed by atoms with Crippen LogP contribution in [-0.2, 0) is 6.54 Å². The highest BCUT2D eigenvalue weighted by atomic mass is 15.3. The van der Waals surface area contributed by atoms with E-state index in [9.17, 15) is 0 Å². The molecule has 0 aromatic carbocycles. The molecule has 2 fully saturated rings. The first kappa shape index (κ1) is 18.1. The van der Waals surface area contributed by atoms with E-state index in [1.54, 1.807) is 6.33 Å². The van der Waals surface area contributed by atoms with Gasteiger partial charge in [-0.05, 0) is 32.6 Å². The maximum absolute atomic E-state index is 4.61. The number of anilines is 2. The third-order valence-electron chi connectivity index (χ3n) is 5.49. The zero-order chi connectivity index (χ0) is 18.8. The number of hydrogen-bond acceptors (Lipinski definition) is 7. The fourth-order valence-electron chi connectivity index (χ4n) is 3.86. The van der Waals surface area contributed by atoms with Crippen molar-refractivity contribution in [1.82, 2.24) is 24.8 Å². The van der Waals surface area contributed by atoms with Gasteiger partial charge in [-0.3, -0.25) is 4.90 Å². The number of nitrogens with zero attached hydrogens (tertiary/aromatic N) is 7. The Morgan fingerprint density at radius 1 is 0.926 bits per heavy atom. The van der Waals surface area contributed by atoms with Gasteiger partial charge < -0.3 is 9.80 Å². The van der Waals surface area contributed by atoms with E-state index in [0.717, 1.165) is 37.1 Å². The first-order valence-electron chi connectivity index (χ1n) is 9.88.